The van der Waals surface area contributed by atoms with E-state index in [4.69, 9.17) is 18.9 Å². The van der Waals surface area contributed by atoms with E-state index in [1.807, 2.05) is 0 Å². The third-order valence-corrected chi connectivity index (χ3v) is 3.66. The number of hydrogen-bond acceptors (Lipinski definition) is 6. The Kier molecular flexibility index (Phi) is 6.06. The maximum absolute atomic E-state index is 13.7. The van der Waals surface area contributed by atoms with E-state index in [2.05, 4.69) is 0 Å². The number of rotatable bonds is 7. The van der Waals surface area contributed by atoms with Crippen LogP contribution in [-0.4, -0.2) is 39.3 Å². The van der Waals surface area contributed by atoms with Gasteiger partial charge in [0.25, 0.3) is 0 Å². The number of aromatic hydroxyl groups is 1. The van der Waals surface area contributed by atoms with Crippen LogP contribution in [0.1, 0.15) is 15.9 Å². The summed E-state index contributed by atoms with van der Waals surface area (Å²) in [4.78, 5) is 12.6. The summed E-state index contributed by atoms with van der Waals surface area (Å²) < 4.78 is 34.1. The molecule has 0 unspecified atom stereocenters. The van der Waals surface area contributed by atoms with E-state index >= 15 is 0 Å². The molecule has 0 spiro atoms. The average Bonchev–Trinajstić information content (AvgIpc) is 2.64. The van der Waals surface area contributed by atoms with E-state index in [0.717, 1.165) is 0 Å². The molecule has 1 N–H and O–H groups in total. The highest BCUT2D eigenvalue weighted by molar-refractivity contribution is 6.11. The Morgan fingerprint density at radius 1 is 0.962 bits per heavy atom. The van der Waals surface area contributed by atoms with Crippen molar-refractivity contribution in [1.82, 2.24) is 0 Å². The number of methoxy groups -OCH3 is 4. The smallest absolute Gasteiger partial charge is 0.204 e. The minimum absolute atomic E-state index is 0.0416. The van der Waals surface area contributed by atoms with Crippen LogP contribution in [0.4, 0.5) is 4.39 Å². The zero-order valence-corrected chi connectivity index (χ0v) is 14.8. The number of phenolic OH excluding ortho intramolecular Hbond substituents is 1. The van der Waals surface area contributed by atoms with Crippen LogP contribution in [0.5, 0.6) is 28.7 Å². The zero-order valence-electron chi connectivity index (χ0n) is 14.8. The number of carbonyl (C=O) groups excluding carboxylic acids is 1. The minimum atomic E-state index is -0.548. The molecule has 0 aliphatic rings. The second kappa shape index (κ2) is 8.24. The lowest BCUT2D eigenvalue weighted by Gasteiger charge is -2.15. The lowest BCUT2D eigenvalue weighted by Crippen LogP contribution is -2.03. The fourth-order valence-electron chi connectivity index (χ4n) is 2.42. The van der Waals surface area contributed by atoms with E-state index in [-0.39, 0.29) is 34.3 Å². The molecular weight excluding hydrogens is 343 g/mol. The molecule has 0 amide bonds. The first-order chi connectivity index (χ1) is 12.5. The highest BCUT2D eigenvalue weighted by Crippen LogP contribution is 2.44. The van der Waals surface area contributed by atoms with Crippen molar-refractivity contribution in [2.45, 2.75) is 0 Å². The average molecular weight is 362 g/mol. The number of phenols is 1. The van der Waals surface area contributed by atoms with Crippen LogP contribution >= 0.6 is 0 Å². The molecule has 2 aromatic carbocycles. The van der Waals surface area contributed by atoms with Crippen LogP contribution in [-0.2, 0) is 0 Å². The summed E-state index contributed by atoms with van der Waals surface area (Å²) in [7, 11) is 5.50. The van der Waals surface area contributed by atoms with Gasteiger partial charge in [0.2, 0.25) is 5.75 Å². The van der Waals surface area contributed by atoms with Gasteiger partial charge in [-0.3, -0.25) is 4.79 Å². The summed E-state index contributed by atoms with van der Waals surface area (Å²) in [5.74, 6) is -0.868. The van der Waals surface area contributed by atoms with Crippen molar-refractivity contribution in [3.05, 3.63) is 47.3 Å². The quantitative estimate of drug-likeness (QED) is 0.601. The summed E-state index contributed by atoms with van der Waals surface area (Å²) in [5.41, 5.74) is 0.367. The molecular formula is C19H19FO6. The van der Waals surface area contributed by atoms with Crippen LogP contribution < -0.4 is 18.9 Å². The second-order valence-electron chi connectivity index (χ2n) is 5.13. The summed E-state index contributed by atoms with van der Waals surface area (Å²) >= 11 is 0. The number of carbonyl (C=O) groups is 1. The number of allylic oxidation sites excluding steroid dienone is 1. The molecule has 7 heteroatoms. The van der Waals surface area contributed by atoms with Gasteiger partial charge in [0, 0.05) is 6.07 Å². The molecule has 0 saturated heterocycles. The van der Waals surface area contributed by atoms with E-state index in [9.17, 15) is 14.3 Å². The predicted molar refractivity (Wildman–Crippen MR) is 94.1 cm³/mol. The van der Waals surface area contributed by atoms with Crippen molar-refractivity contribution in [3.8, 4) is 28.7 Å². The fraction of sp³-hybridized carbons (Fsp3) is 0.211. The molecule has 138 valence electrons. The molecule has 6 nitrogen and oxygen atoms in total. The Balaban J connectivity index is 2.42. The van der Waals surface area contributed by atoms with Gasteiger partial charge in [-0.05, 0) is 23.8 Å². The normalized spacial score (nSPS) is 10.7. The molecule has 0 aromatic heterocycles. The number of hydrogen-bond donors (Lipinski definition) is 1. The third kappa shape index (κ3) is 3.72. The standard InChI is InChI=1S/C19H19FO6/c1-23-15-8-6-11(9-12(15)20)5-7-13(21)17-14(22)10-16(24-2)18(25-3)19(17)26-4/h5-10,22H,1-4H3/b7-5+. The molecule has 0 heterocycles. The first-order valence-corrected chi connectivity index (χ1v) is 7.54. The molecule has 0 atom stereocenters. The van der Waals surface area contributed by atoms with Crippen molar-refractivity contribution in [1.29, 1.82) is 0 Å². The zero-order chi connectivity index (χ0) is 19.3. The van der Waals surface area contributed by atoms with E-state index in [0.29, 0.717) is 5.56 Å². The van der Waals surface area contributed by atoms with E-state index in [1.165, 1.54) is 58.8 Å². The number of benzene rings is 2. The molecule has 26 heavy (non-hydrogen) atoms. The Morgan fingerprint density at radius 2 is 1.62 bits per heavy atom. The van der Waals surface area contributed by atoms with Crippen molar-refractivity contribution in [2.24, 2.45) is 0 Å². The molecule has 2 aromatic rings. The van der Waals surface area contributed by atoms with Gasteiger partial charge in [0.1, 0.15) is 11.3 Å². The molecule has 2 rings (SSSR count). The lowest BCUT2D eigenvalue weighted by atomic mass is 10.0. The number of ketones is 1. The molecule has 0 saturated carbocycles. The maximum atomic E-state index is 13.7. The topological polar surface area (TPSA) is 74.2 Å². The van der Waals surface area contributed by atoms with Gasteiger partial charge in [-0.2, -0.15) is 0 Å². The number of halogens is 1. The molecule has 0 aliphatic heterocycles. The van der Waals surface area contributed by atoms with Gasteiger partial charge in [0.05, 0.1) is 28.4 Å². The summed E-state index contributed by atoms with van der Waals surface area (Å²) in [6.07, 6.45) is 2.62. The van der Waals surface area contributed by atoms with Gasteiger partial charge in [-0.25, -0.2) is 4.39 Å². The summed E-state index contributed by atoms with van der Waals surface area (Å²) in [6.45, 7) is 0. The van der Waals surface area contributed by atoms with Crippen molar-refractivity contribution in [3.63, 3.8) is 0 Å². The predicted octanol–water partition coefficient (Wildman–Crippen LogP) is 3.46. The van der Waals surface area contributed by atoms with Gasteiger partial charge >= 0.3 is 0 Å². The molecule has 0 aliphatic carbocycles. The highest BCUT2D eigenvalue weighted by atomic mass is 19.1. The molecule has 0 radical (unpaired) electrons. The van der Waals surface area contributed by atoms with Crippen molar-refractivity contribution >= 4 is 11.9 Å². The lowest BCUT2D eigenvalue weighted by molar-refractivity contribution is 0.104. The second-order valence-corrected chi connectivity index (χ2v) is 5.13. The van der Waals surface area contributed by atoms with Crippen molar-refractivity contribution < 1.29 is 33.2 Å². The monoisotopic (exact) mass is 362 g/mol. The minimum Gasteiger partial charge on any atom is -0.507 e. The largest absolute Gasteiger partial charge is 0.507 e. The molecule has 0 fully saturated rings. The van der Waals surface area contributed by atoms with Crippen LogP contribution in [0.15, 0.2) is 30.3 Å². The van der Waals surface area contributed by atoms with Crippen molar-refractivity contribution in [2.75, 3.05) is 28.4 Å². The van der Waals surface area contributed by atoms with Gasteiger partial charge in [-0.1, -0.05) is 12.1 Å². The Bertz CT molecular complexity index is 844. The fourth-order valence-corrected chi connectivity index (χ4v) is 2.42. The third-order valence-electron chi connectivity index (χ3n) is 3.66. The Labute approximate surface area is 150 Å². The first kappa shape index (κ1) is 19.1. The summed E-state index contributed by atoms with van der Waals surface area (Å²) in [5, 5.41) is 10.2. The van der Waals surface area contributed by atoms with Gasteiger partial charge in [0.15, 0.2) is 28.8 Å². The Morgan fingerprint density at radius 3 is 2.15 bits per heavy atom. The van der Waals surface area contributed by atoms with Crippen LogP contribution in [0, 0.1) is 5.82 Å². The number of ether oxygens (including phenoxy) is 4. The van der Waals surface area contributed by atoms with Gasteiger partial charge in [-0.15, -0.1) is 0 Å². The SMILES string of the molecule is COc1ccc(/C=C/C(=O)c2c(O)cc(OC)c(OC)c2OC)cc1F. The van der Waals surface area contributed by atoms with E-state index < -0.39 is 11.6 Å². The van der Waals surface area contributed by atoms with E-state index in [1.54, 1.807) is 6.07 Å². The molecule has 0 bridgehead atoms. The maximum Gasteiger partial charge on any atom is 0.204 e. The van der Waals surface area contributed by atoms with Crippen LogP contribution in [0.25, 0.3) is 6.08 Å². The van der Waals surface area contributed by atoms with Gasteiger partial charge < -0.3 is 24.1 Å². The van der Waals surface area contributed by atoms with Crippen LogP contribution in [0.3, 0.4) is 0 Å². The van der Waals surface area contributed by atoms with Crippen LogP contribution in [0.2, 0.25) is 0 Å². The Hall–Kier alpha value is -3.22. The summed E-state index contributed by atoms with van der Waals surface area (Å²) in [6, 6.07) is 5.54. The first-order valence-electron chi connectivity index (χ1n) is 7.54. The highest BCUT2D eigenvalue weighted by Gasteiger charge is 2.24.